The summed E-state index contributed by atoms with van der Waals surface area (Å²) < 4.78 is 9.13. The molecule has 8 heteroatoms. The van der Waals surface area contributed by atoms with E-state index in [0.29, 0.717) is 36.1 Å². The van der Waals surface area contributed by atoms with Crippen molar-refractivity contribution >= 4 is 22.5 Å². The van der Waals surface area contributed by atoms with Gasteiger partial charge < -0.3 is 18.6 Å². The maximum Gasteiger partial charge on any atom is 0.410 e. The maximum atomic E-state index is 13.5. The van der Waals surface area contributed by atoms with Crippen LogP contribution in [0.4, 0.5) is 4.79 Å². The number of nitriles is 1. The van der Waals surface area contributed by atoms with Gasteiger partial charge in [0, 0.05) is 37.1 Å². The number of benzene rings is 1. The Labute approximate surface area is 209 Å². The van der Waals surface area contributed by atoms with Crippen LogP contribution in [0.2, 0.25) is 0 Å². The first-order valence-electron chi connectivity index (χ1n) is 12.1. The Morgan fingerprint density at radius 2 is 1.89 bits per heavy atom. The van der Waals surface area contributed by atoms with Crippen LogP contribution in [-0.4, -0.2) is 43.6 Å². The maximum absolute atomic E-state index is 13.5. The number of ether oxygens (including phenoxy) is 1. The van der Waals surface area contributed by atoms with E-state index < -0.39 is 5.60 Å². The molecular weight excluding hydrogens is 454 g/mol. The van der Waals surface area contributed by atoms with Gasteiger partial charge in [-0.25, -0.2) is 9.78 Å². The van der Waals surface area contributed by atoms with Crippen LogP contribution >= 0.6 is 0 Å². The van der Waals surface area contributed by atoms with Crippen LogP contribution in [0.25, 0.3) is 27.5 Å². The predicted molar refractivity (Wildman–Crippen MR) is 138 cm³/mol. The molecule has 184 valence electrons. The van der Waals surface area contributed by atoms with Crippen LogP contribution in [-0.2, 0) is 4.74 Å². The van der Waals surface area contributed by atoms with Crippen LogP contribution in [0.1, 0.15) is 50.1 Å². The Morgan fingerprint density at radius 1 is 1.11 bits per heavy atom. The molecule has 1 aliphatic rings. The van der Waals surface area contributed by atoms with Crippen LogP contribution in [0.15, 0.2) is 47.7 Å². The third-order valence-electron chi connectivity index (χ3n) is 6.58. The smallest absolute Gasteiger partial charge is 0.410 e. The zero-order valence-corrected chi connectivity index (χ0v) is 21.2. The first-order chi connectivity index (χ1) is 17.0. The average Bonchev–Trinajstić information content (AvgIpc) is 3.45. The lowest BCUT2D eigenvalue weighted by Crippen LogP contribution is -2.36. The van der Waals surface area contributed by atoms with Crippen LogP contribution in [0.5, 0.6) is 0 Å². The fraction of sp³-hybridized carbons (Fsp3) is 0.357. The second-order valence-electron chi connectivity index (χ2n) is 10.5. The van der Waals surface area contributed by atoms with Crippen molar-refractivity contribution in [3.8, 4) is 17.2 Å². The van der Waals surface area contributed by atoms with Crippen molar-refractivity contribution in [3.63, 3.8) is 0 Å². The monoisotopic (exact) mass is 483 g/mol. The molecule has 1 atom stereocenters. The second-order valence-corrected chi connectivity index (χ2v) is 10.5. The number of aromatic nitrogens is 3. The van der Waals surface area contributed by atoms with E-state index in [4.69, 9.17) is 4.74 Å². The van der Waals surface area contributed by atoms with Gasteiger partial charge >= 0.3 is 6.09 Å². The highest BCUT2D eigenvalue weighted by atomic mass is 16.6. The predicted octanol–water partition coefficient (Wildman–Crippen LogP) is 4.99. The molecule has 0 radical (unpaired) electrons. The standard InChI is InChI=1S/C28H29N5O3/c1-17-13-33(22-8-9-31(16-22)27(35)36-28(3,4)5)26(34)23-7-6-19(11-24(17)23)21-10-20(12-29)25-30-18(2)14-32(25)15-21/h6-7,10-11,13-15,22H,8-9,16H2,1-5H3. The number of imidazole rings is 1. The van der Waals surface area contributed by atoms with E-state index in [9.17, 15) is 14.9 Å². The van der Waals surface area contributed by atoms with Gasteiger partial charge in [-0.3, -0.25) is 4.79 Å². The number of carbonyl (C=O) groups excluding carboxylic acids is 1. The van der Waals surface area contributed by atoms with Crippen LogP contribution in [0.3, 0.4) is 0 Å². The highest BCUT2D eigenvalue weighted by molar-refractivity contribution is 5.89. The number of aryl methyl sites for hydroxylation is 2. The van der Waals surface area contributed by atoms with E-state index in [1.165, 1.54) is 0 Å². The van der Waals surface area contributed by atoms with Gasteiger partial charge in [-0.15, -0.1) is 0 Å². The molecule has 1 aromatic carbocycles. The average molecular weight is 484 g/mol. The molecule has 4 aromatic rings. The van der Waals surface area contributed by atoms with Crippen molar-refractivity contribution in [1.29, 1.82) is 5.26 Å². The van der Waals surface area contributed by atoms with E-state index in [1.54, 1.807) is 9.47 Å². The third-order valence-corrected chi connectivity index (χ3v) is 6.58. The number of likely N-dealkylation sites (tertiary alicyclic amines) is 1. The summed E-state index contributed by atoms with van der Waals surface area (Å²) in [6, 6.07) is 9.75. The van der Waals surface area contributed by atoms with E-state index in [0.717, 1.165) is 27.8 Å². The highest BCUT2D eigenvalue weighted by Crippen LogP contribution is 2.29. The van der Waals surface area contributed by atoms with Gasteiger partial charge in [0.2, 0.25) is 0 Å². The molecule has 36 heavy (non-hydrogen) atoms. The van der Waals surface area contributed by atoms with Crippen molar-refractivity contribution in [2.24, 2.45) is 0 Å². The molecule has 0 N–H and O–H groups in total. The first-order valence-corrected chi connectivity index (χ1v) is 12.1. The summed E-state index contributed by atoms with van der Waals surface area (Å²) in [6.45, 7) is 10.4. The number of rotatable bonds is 2. The molecule has 1 amide bonds. The minimum Gasteiger partial charge on any atom is -0.444 e. The molecule has 0 aliphatic carbocycles. The molecule has 8 nitrogen and oxygen atoms in total. The first kappa shape index (κ1) is 23.6. The lowest BCUT2D eigenvalue weighted by Gasteiger charge is -2.24. The molecule has 4 heterocycles. The highest BCUT2D eigenvalue weighted by Gasteiger charge is 2.31. The van der Waals surface area contributed by atoms with E-state index in [-0.39, 0.29) is 17.7 Å². The Morgan fingerprint density at radius 3 is 2.61 bits per heavy atom. The van der Waals surface area contributed by atoms with Crippen molar-refractivity contribution in [2.45, 2.75) is 52.7 Å². The molecule has 0 bridgehead atoms. The summed E-state index contributed by atoms with van der Waals surface area (Å²) in [7, 11) is 0. The van der Waals surface area contributed by atoms with Gasteiger partial charge in [0.25, 0.3) is 5.56 Å². The molecule has 1 saturated heterocycles. The van der Waals surface area contributed by atoms with Crippen molar-refractivity contribution < 1.29 is 9.53 Å². The number of fused-ring (bicyclic) bond motifs is 2. The minimum atomic E-state index is -0.557. The lowest BCUT2D eigenvalue weighted by atomic mass is 10.00. The summed E-state index contributed by atoms with van der Waals surface area (Å²) in [5.74, 6) is 0. The number of nitrogens with zero attached hydrogens (tertiary/aromatic N) is 5. The van der Waals surface area contributed by atoms with Gasteiger partial charge in [-0.05, 0) is 81.3 Å². The minimum absolute atomic E-state index is 0.0726. The number of carbonyl (C=O) groups is 1. The lowest BCUT2D eigenvalue weighted by molar-refractivity contribution is 0.0289. The van der Waals surface area contributed by atoms with Crippen LogP contribution < -0.4 is 5.56 Å². The number of amides is 1. The van der Waals surface area contributed by atoms with Gasteiger partial charge in [0.05, 0.1) is 17.3 Å². The third kappa shape index (κ3) is 4.22. The van der Waals surface area contributed by atoms with E-state index in [1.807, 2.05) is 81.9 Å². The summed E-state index contributed by atoms with van der Waals surface area (Å²) in [4.78, 5) is 32.1. The Hall–Kier alpha value is -4.12. The SMILES string of the molecule is Cc1cn2cc(-c3ccc4c(=O)n(C5CCN(C(=O)OC(C)(C)C)C5)cc(C)c4c3)cc(C#N)c2n1. The van der Waals surface area contributed by atoms with E-state index >= 15 is 0 Å². The molecule has 0 saturated carbocycles. The molecule has 1 fully saturated rings. The molecular formula is C28H29N5O3. The van der Waals surface area contributed by atoms with Crippen molar-refractivity contribution in [1.82, 2.24) is 18.9 Å². The zero-order valence-electron chi connectivity index (χ0n) is 21.2. The largest absolute Gasteiger partial charge is 0.444 e. The fourth-order valence-electron chi connectivity index (χ4n) is 4.91. The molecule has 3 aromatic heterocycles. The molecule has 0 spiro atoms. The van der Waals surface area contributed by atoms with Crippen LogP contribution in [0, 0.1) is 25.2 Å². The normalized spacial score (nSPS) is 16.0. The number of pyridine rings is 2. The van der Waals surface area contributed by atoms with Gasteiger partial charge in [-0.2, -0.15) is 5.26 Å². The summed E-state index contributed by atoms with van der Waals surface area (Å²) in [5, 5.41) is 11.1. The summed E-state index contributed by atoms with van der Waals surface area (Å²) >= 11 is 0. The van der Waals surface area contributed by atoms with Gasteiger partial charge in [-0.1, -0.05) is 6.07 Å². The van der Waals surface area contributed by atoms with E-state index in [2.05, 4.69) is 11.1 Å². The van der Waals surface area contributed by atoms with Gasteiger partial charge in [0.15, 0.2) is 5.65 Å². The van der Waals surface area contributed by atoms with Crippen molar-refractivity contribution in [2.75, 3.05) is 13.1 Å². The fourth-order valence-corrected chi connectivity index (χ4v) is 4.91. The summed E-state index contributed by atoms with van der Waals surface area (Å²) in [5.41, 5.74) is 4.13. The Balaban J connectivity index is 1.50. The second kappa shape index (κ2) is 8.52. The quantitative estimate of drug-likeness (QED) is 0.401. The summed E-state index contributed by atoms with van der Waals surface area (Å²) in [6.07, 6.45) is 6.09. The number of hydrogen-bond acceptors (Lipinski definition) is 5. The van der Waals surface area contributed by atoms with Gasteiger partial charge in [0.1, 0.15) is 11.7 Å². The molecule has 1 aliphatic heterocycles. The molecule has 1 unspecified atom stereocenters. The Kier molecular flexibility index (Phi) is 5.59. The topological polar surface area (TPSA) is 92.6 Å². The van der Waals surface area contributed by atoms with Crippen molar-refractivity contribution in [3.05, 3.63) is 70.0 Å². The Bertz CT molecular complexity index is 1620. The molecule has 5 rings (SSSR count). The zero-order chi connectivity index (χ0) is 25.8. The number of hydrogen-bond donors (Lipinski definition) is 0.